The van der Waals surface area contributed by atoms with E-state index >= 15 is 0 Å². The number of nitrogens with one attached hydrogen (secondary N) is 1. The SMILES string of the molecule is CC[C@H]1CCCCN1CC(=O)N1CCC[C@@H]1c1nc2ccccc2[nH]1. The van der Waals surface area contributed by atoms with Gasteiger partial charge in [-0.05, 0) is 50.8 Å². The molecule has 0 saturated carbocycles. The molecule has 0 unspecified atom stereocenters. The molecule has 0 bridgehead atoms. The fraction of sp³-hybridized carbons (Fsp3) is 0.600. The van der Waals surface area contributed by atoms with Crippen molar-refractivity contribution in [1.82, 2.24) is 19.8 Å². The molecule has 134 valence electrons. The van der Waals surface area contributed by atoms with Crippen molar-refractivity contribution in [3.8, 4) is 0 Å². The molecule has 3 heterocycles. The largest absolute Gasteiger partial charge is 0.340 e. The van der Waals surface area contributed by atoms with Gasteiger partial charge in [0.05, 0.1) is 23.6 Å². The Kier molecular flexibility index (Phi) is 4.75. The number of rotatable bonds is 4. The Labute approximate surface area is 149 Å². The van der Waals surface area contributed by atoms with Gasteiger partial charge in [0.1, 0.15) is 5.82 Å². The molecule has 2 aromatic rings. The summed E-state index contributed by atoms with van der Waals surface area (Å²) in [5, 5.41) is 0. The first-order valence-corrected chi connectivity index (χ1v) is 9.74. The van der Waals surface area contributed by atoms with Crippen molar-refractivity contribution in [3.63, 3.8) is 0 Å². The molecule has 1 N–H and O–H groups in total. The van der Waals surface area contributed by atoms with Crippen LogP contribution in [-0.2, 0) is 4.79 Å². The van der Waals surface area contributed by atoms with Crippen LogP contribution in [0.1, 0.15) is 57.3 Å². The van der Waals surface area contributed by atoms with E-state index in [9.17, 15) is 4.79 Å². The molecule has 1 aromatic heterocycles. The maximum Gasteiger partial charge on any atom is 0.237 e. The third-order valence-corrected chi connectivity index (χ3v) is 5.86. The van der Waals surface area contributed by atoms with Gasteiger partial charge in [-0.3, -0.25) is 9.69 Å². The number of piperidine rings is 1. The lowest BCUT2D eigenvalue weighted by molar-refractivity contribution is -0.134. The molecule has 0 aliphatic carbocycles. The van der Waals surface area contributed by atoms with Crippen LogP contribution in [0.2, 0.25) is 0 Å². The summed E-state index contributed by atoms with van der Waals surface area (Å²) < 4.78 is 0. The van der Waals surface area contributed by atoms with Crippen LogP contribution in [-0.4, -0.2) is 51.4 Å². The molecule has 4 rings (SSSR count). The van der Waals surface area contributed by atoms with Crippen LogP contribution >= 0.6 is 0 Å². The third kappa shape index (κ3) is 3.30. The lowest BCUT2D eigenvalue weighted by Crippen LogP contribution is -2.46. The van der Waals surface area contributed by atoms with Crippen LogP contribution in [0.3, 0.4) is 0 Å². The number of aromatic nitrogens is 2. The number of H-pyrrole nitrogens is 1. The molecule has 25 heavy (non-hydrogen) atoms. The highest BCUT2D eigenvalue weighted by Crippen LogP contribution is 2.32. The number of aromatic amines is 1. The van der Waals surface area contributed by atoms with Crippen molar-refractivity contribution in [3.05, 3.63) is 30.1 Å². The molecule has 2 aliphatic heterocycles. The summed E-state index contributed by atoms with van der Waals surface area (Å²) in [6.45, 7) is 4.72. The van der Waals surface area contributed by atoms with E-state index in [4.69, 9.17) is 4.98 Å². The fourth-order valence-corrected chi connectivity index (χ4v) is 4.47. The standard InChI is InChI=1S/C20H28N4O/c1-2-15-8-5-6-12-23(15)14-19(25)24-13-7-11-18(24)20-21-16-9-3-4-10-17(16)22-20/h3-4,9-10,15,18H,2,5-8,11-14H2,1H3,(H,21,22)/t15-,18+/m0/s1. The van der Waals surface area contributed by atoms with E-state index in [-0.39, 0.29) is 11.9 Å². The maximum atomic E-state index is 13.0. The van der Waals surface area contributed by atoms with Crippen LogP contribution in [0.25, 0.3) is 11.0 Å². The molecule has 0 radical (unpaired) electrons. The Bertz CT molecular complexity index is 707. The molecular formula is C20H28N4O. The minimum Gasteiger partial charge on any atom is -0.340 e. The second kappa shape index (κ2) is 7.16. The van der Waals surface area contributed by atoms with E-state index in [1.54, 1.807) is 0 Å². The Morgan fingerprint density at radius 1 is 1.20 bits per heavy atom. The number of nitrogens with zero attached hydrogens (tertiary/aromatic N) is 3. The number of likely N-dealkylation sites (tertiary alicyclic amines) is 2. The van der Waals surface area contributed by atoms with E-state index in [1.807, 2.05) is 24.3 Å². The lowest BCUT2D eigenvalue weighted by Gasteiger charge is -2.36. The summed E-state index contributed by atoms with van der Waals surface area (Å²) >= 11 is 0. The number of hydrogen-bond acceptors (Lipinski definition) is 3. The second-order valence-corrected chi connectivity index (χ2v) is 7.41. The highest BCUT2D eigenvalue weighted by molar-refractivity contribution is 5.79. The van der Waals surface area contributed by atoms with Crippen molar-refractivity contribution in [1.29, 1.82) is 0 Å². The molecule has 1 amide bonds. The Balaban J connectivity index is 1.49. The predicted molar refractivity (Wildman–Crippen MR) is 99.3 cm³/mol. The van der Waals surface area contributed by atoms with Gasteiger partial charge in [0.25, 0.3) is 0 Å². The van der Waals surface area contributed by atoms with Gasteiger partial charge in [0.15, 0.2) is 0 Å². The van der Waals surface area contributed by atoms with Gasteiger partial charge < -0.3 is 9.88 Å². The van der Waals surface area contributed by atoms with Crippen LogP contribution in [0.5, 0.6) is 0 Å². The van der Waals surface area contributed by atoms with Crippen molar-refractivity contribution < 1.29 is 4.79 Å². The molecule has 0 spiro atoms. The van der Waals surface area contributed by atoms with Gasteiger partial charge in [-0.25, -0.2) is 4.98 Å². The number of carbonyl (C=O) groups excluding carboxylic acids is 1. The summed E-state index contributed by atoms with van der Waals surface area (Å²) in [4.78, 5) is 25.6. The zero-order valence-corrected chi connectivity index (χ0v) is 15.1. The summed E-state index contributed by atoms with van der Waals surface area (Å²) in [6, 6.07) is 8.77. The fourth-order valence-electron chi connectivity index (χ4n) is 4.47. The van der Waals surface area contributed by atoms with Gasteiger partial charge in [-0.2, -0.15) is 0 Å². The van der Waals surface area contributed by atoms with Gasteiger partial charge in [0, 0.05) is 12.6 Å². The van der Waals surface area contributed by atoms with Crippen molar-refractivity contribution in [2.75, 3.05) is 19.6 Å². The van der Waals surface area contributed by atoms with Crippen LogP contribution in [0, 0.1) is 0 Å². The maximum absolute atomic E-state index is 13.0. The average molecular weight is 340 g/mol. The monoisotopic (exact) mass is 340 g/mol. The second-order valence-electron chi connectivity index (χ2n) is 7.41. The quantitative estimate of drug-likeness (QED) is 0.927. The Hall–Kier alpha value is -1.88. The number of carbonyl (C=O) groups is 1. The van der Waals surface area contributed by atoms with Gasteiger partial charge in [-0.1, -0.05) is 25.5 Å². The summed E-state index contributed by atoms with van der Waals surface area (Å²) in [7, 11) is 0. The number of imidazole rings is 1. The Morgan fingerprint density at radius 2 is 2.08 bits per heavy atom. The number of benzene rings is 1. The van der Waals surface area contributed by atoms with E-state index in [1.165, 1.54) is 19.3 Å². The molecule has 5 heteroatoms. The zero-order valence-electron chi connectivity index (χ0n) is 15.1. The van der Waals surface area contributed by atoms with Crippen molar-refractivity contribution in [2.45, 2.75) is 57.5 Å². The van der Waals surface area contributed by atoms with E-state index < -0.39 is 0 Å². The molecule has 2 aliphatic rings. The van der Waals surface area contributed by atoms with E-state index in [0.29, 0.717) is 12.6 Å². The topological polar surface area (TPSA) is 52.2 Å². The normalized spacial score (nSPS) is 24.9. The van der Waals surface area contributed by atoms with Crippen LogP contribution in [0.15, 0.2) is 24.3 Å². The van der Waals surface area contributed by atoms with Crippen LogP contribution < -0.4 is 0 Å². The molecule has 2 fully saturated rings. The highest BCUT2D eigenvalue weighted by atomic mass is 16.2. The Morgan fingerprint density at radius 3 is 2.92 bits per heavy atom. The third-order valence-electron chi connectivity index (χ3n) is 5.86. The van der Waals surface area contributed by atoms with Crippen molar-refractivity contribution >= 4 is 16.9 Å². The van der Waals surface area contributed by atoms with E-state index in [2.05, 4.69) is 21.7 Å². The first-order chi connectivity index (χ1) is 12.3. The molecular weight excluding hydrogens is 312 g/mol. The first-order valence-electron chi connectivity index (χ1n) is 9.74. The zero-order chi connectivity index (χ0) is 17.2. The molecule has 1 aromatic carbocycles. The van der Waals surface area contributed by atoms with Gasteiger partial charge in [0.2, 0.25) is 5.91 Å². The number of amides is 1. The van der Waals surface area contributed by atoms with Crippen LogP contribution in [0.4, 0.5) is 0 Å². The molecule has 2 atom stereocenters. The van der Waals surface area contributed by atoms with Crippen molar-refractivity contribution in [2.24, 2.45) is 0 Å². The smallest absolute Gasteiger partial charge is 0.237 e. The number of para-hydroxylation sites is 2. The number of fused-ring (bicyclic) bond motifs is 1. The van der Waals surface area contributed by atoms with E-state index in [0.717, 1.165) is 49.2 Å². The minimum atomic E-state index is 0.102. The van der Waals surface area contributed by atoms with Gasteiger partial charge in [-0.15, -0.1) is 0 Å². The molecule has 5 nitrogen and oxygen atoms in total. The predicted octanol–water partition coefficient (Wildman–Crippen LogP) is 3.49. The highest BCUT2D eigenvalue weighted by Gasteiger charge is 2.34. The summed E-state index contributed by atoms with van der Waals surface area (Å²) in [5.41, 5.74) is 2.04. The van der Waals surface area contributed by atoms with Gasteiger partial charge >= 0.3 is 0 Å². The summed E-state index contributed by atoms with van der Waals surface area (Å²) in [6.07, 6.45) is 6.95. The molecule has 2 saturated heterocycles. The minimum absolute atomic E-state index is 0.102. The number of hydrogen-bond donors (Lipinski definition) is 1. The average Bonchev–Trinajstić information content (AvgIpc) is 3.28. The summed E-state index contributed by atoms with van der Waals surface area (Å²) in [5.74, 6) is 1.21. The lowest BCUT2D eigenvalue weighted by atomic mass is 10.00. The first kappa shape index (κ1) is 16.6.